The molecule has 1 aliphatic heterocycles. The monoisotopic (exact) mass is 326 g/mol. The number of amides is 2. The maximum absolute atomic E-state index is 12.0. The number of hydrogen-bond acceptors (Lipinski definition) is 4. The van der Waals surface area contributed by atoms with Crippen molar-refractivity contribution in [1.82, 2.24) is 4.90 Å². The number of halogens is 1. The number of carbonyl (C=O) groups is 2. The number of methoxy groups -OCH3 is 1. The number of likely N-dealkylation sites (N-methyl/N-ethyl adjacent to an activating group) is 1. The Labute approximate surface area is 120 Å². The van der Waals surface area contributed by atoms with Crippen molar-refractivity contribution in [1.29, 1.82) is 0 Å². The molecule has 0 aliphatic carbocycles. The lowest BCUT2D eigenvalue weighted by atomic mass is 10.2. The second-order valence-corrected chi connectivity index (χ2v) is 5.17. The molecular formula is C13H15BrN2O3. The number of nitrogens with one attached hydrogen (secondary N) is 1. The lowest BCUT2D eigenvalue weighted by Crippen LogP contribution is -2.34. The van der Waals surface area contributed by atoms with E-state index in [1.165, 1.54) is 4.90 Å². The third-order valence-electron chi connectivity index (χ3n) is 3.01. The summed E-state index contributed by atoms with van der Waals surface area (Å²) in [6, 6.07) is 4.96. The summed E-state index contributed by atoms with van der Waals surface area (Å²) in [7, 11) is 1.58. The molecule has 0 aromatic heterocycles. The molecule has 0 radical (unpaired) electrons. The minimum Gasteiger partial charge on any atom is -0.497 e. The van der Waals surface area contributed by atoms with Gasteiger partial charge in [-0.1, -0.05) is 15.9 Å². The smallest absolute Gasteiger partial charge is 0.252 e. The van der Waals surface area contributed by atoms with Crippen molar-refractivity contribution >= 4 is 33.4 Å². The molecule has 1 N–H and O–H groups in total. The SMILES string of the molecule is CCN1C(=O)CC(Nc2cc(Br)cc(OC)c2)C1=O. The summed E-state index contributed by atoms with van der Waals surface area (Å²) in [4.78, 5) is 24.9. The number of hydrogen-bond donors (Lipinski definition) is 1. The number of imide groups is 1. The van der Waals surface area contributed by atoms with Crippen LogP contribution in [0.4, 0.5) is 5.69 Å². The molecule has 1 aliphatic rings. The van der Waals surface area contributed by atoms with Gasteiger partial charge in [-0.3, -0.25) is 14.5 Å². The topological polar surface area (TPSA) is 58.6 Å². The van der Waals surface area contributed by atoms with Crippen LogP contribution in [-0.4, -0.2) is 36.4 Å². The summed E-state index contributed by atoms with van der Waals surface area (Å²) < 4.78 is 6.00. The molecule has 1 heterocycles. The van der Waals surface area contributed by atoms with Gasteiger partial charge in [0.1, 0.15) is 11.8 Å². The molecule has 1 atom stereocenters. The van der Waals surface area contributed by atoms with Crippen molar-refractivity contribution < 1.29 is 14.3 Å². The first-order valence-electron chi connectivity index (χ1n) is 6.00. The Morgan fingerprint density at radius 2 is 2.16 bits per heavy atom. The van der Waals surface area contributed by atoms with Gasteiger partial charge in [0.05, 0.1) is 13.5 Å². The van der Waals surface area contributed by atoms with Gasteiger partial charge in [-0.15, -0.1) is 0 Å². The first kappa shape index (κ1) is 13.9. The minimum absolute atomic E-state index is 0.132. The molecule has 0 bridgehead atoms. The summed E-state index contributed by atoms with van der Waals surface area (Å²) in [6.45, 7) is 2.21. The molecule has 0 saturated carbocycles. The van der Waals surface area contributed by atoms with Gasteiger partial charge in [0.25, 0.3) is 5.91 Å². The van der Waals surface area contributed by atoms with Gasteiger partial charge in [-0.2, -0.15) is 0 Å². The Morgan fingerprint density at radius 3 is 2.74 bits per heavy atom. The molecule has 102 valence electrons. The van der Waals surface area contributed by atoms with Gasteiger partial charge in [-0.05, 0) is 19.1 Å². The standard InChI is InChI=1S/C13H15BrN2O3/c1-3-16-12(17)7-11(13(16)18)15-9-4-8(14)5-10(6-9)19-2/h4-6,11,15H,3,7H2,1-2H3. The van der Waals surface area contributed by atoms with E-state index in [0.717, 1.165) is 10.2 Å². The van der Waals surface area contributed by atoms with Gasteiger partial charge >= 0.3 is 0 Å². The van der Waals surface area contributed by atoms with E-state index in [4.69, 9.17) is 4.74 Å². The van der Waals surface area contributed by atoms with Crippen LogP contribution in [0.3, 0.4) is 0 Å². The molecule has 1 unspecified atom stereocenters. The molecular weight excluding hydrogens is 312 g/mol. The van der Waals surface area contributed by atoms with Gasteiger partial charge in [0, 0.05) is 22.8 Å². The first-order valence-corrected chi connectivity index (χ1v) is 6.79. The average molecular weight is 327 g/mol. The molecule has 1 fully saturated rings. The Kier molecular flexibility index (Phi) is 4.09. The van der Waals surface area contributed by atoms with E-state index in [1.807, 2.05) is 12.1 Å². The number of rotatable bonds is 4. The predicted molar refractivity (Wildman–Crippen MR) is 75.1 cm³/mol. The highest BCUT2D eigenvalue weighted by atomic mass is 79.9. The van der Waals surface area contributed by atoms with Gasteiger partial charge in [-0.25, -0.2) is 0 Å². The lowest BCUT2D eigenvalue weighted by Gasteiger charge is -2.15. The fourth-order valence-electron chi connectivity index (χ4n) is 2.09. The Morgan fingerprint density at radius 1 is 1.42 bits per heavy atom. The molecule has 6 heteroatoms. The van der Waals surface area contributed by atoms with Crippen LogP contribution in [0, 0.1) is 0 Å². The maximum Gasteiger partial charge on any atom is 0.252 e. The van der Waals surface area contributed by atoms with E-state index < -0.39 is 6.04 Å². The third kappa shape index (κ3) is 2.89. The van der Waals surface area contributed by atoms with E-state index in [9.17, 15) is 9.59 Å². The minimum atomic E-state index is -0.494. The summed E-state index contributed by atoms with van der Waals surface area (Å²) in [5.41, 5.74) is 0.746. The molecule has 5 nitrogen and oxygen atoms in total. The average Bonchev–Trinajstić information content (AvgIpc) is 2.63. The normalized spacial score (nSPS) is 18.9. The molecule has 1 aromatic carbocycles. The number of benzene rings is 1. The number of anilines is 1. The summed E-state index contributed by atoms with van der Waals surface area (Å²) in [5.74, 6) is 0.374. The van der Waals surface area contributed by atoms with Crippen LogP contribution >= 0.6 is 15.9 Å². The zero-order chi connectivity index (χ0) is 14.0. The van der Waals surface area contributed by atoms with Crippen LogP contribution in [-0.2, 0) is 9.59 Å². The Hall–Kier alpha value is -1.56. The van der Waals surface area contributed by atoms with Crippen molar-refractivity contribution in [3.8, 4) is 5.75 Å². The van der Waals surface area contributed by atoms with Crippen LogP contribution in [0.2, 0.25) is 0 Å². The van der Waals surface area contributed by atoms with Crippen LogP contribution < -0.4 is 10.1 Å². The predicted octanol–water partition coefficient (Wildman–Crippen LogP) is 2.02. The van der Waals surface area contributed by atoms with Crippen LogP contribution in [0.25, 0.3) is 0 Å². The van der Waals surface area contributed by atoms with Crippen LogP contribution in [0.5, 0.6) is 5.75 Å². The van der Waals surface area contributed by atoms with E-state index >= 15 is 0 Å². The van der Waals surface area contributed by atoms with Gasteiger partial charge in [0.2, 0.25) is 5.91 Å². The molecule has 1 saturated heterocycles. The van der Waals surface area contributed by atoms with Crippen molar-refractivity contribution in [2.45, 2.75) is 19.4 Å². The quantitative estimate of drug-likeness (QED) is 0.860. The molecule has 2 rings (SSSR count). The number of carbonyl (C=O) groups excluding carboxylic acids is 2. The molecule has 2 amide bonds. The highest BCUT2D eigenvalue weighted by Gasteiger charge is 2.37. The van der Waals surface area contributed by atoms with Crippen molar-refractivity contribution in [2.24, 2.45) is 0 Å². The van der Waals surface area contributed by atoms with E-state index in [0.29, 0.717) is 12.3 Å². The zero-order valence-electron chi connectivity index (χ0n) is 10.8. The molecule has 19 heavy (non-hydrogen) atoms. The van der Waals surface area contributed by atoms with Crippen molar-refractivity contribution in [2.75, 3.05) is 19.0 Å². The number of nitrogens with zero attached hydrogens (tertiary/aromatic N) is 1. The fraction of sp³-hybridized carbons (Fsp3) is 0.385. The maximum atomic E-state index is 12.0. The van der Waals surface area contributed by atoms with E-state index in [2.05, 4.69) is 21.2 Å². The third-order valence-corrected chi connectivity index (χ3v) is 3.47. The van der Waals surface area contributed by atoms with Crippen molar-refractivity contribution in [3.05, 3.63) is 22.7 Å². The summed E-state index contributed by atoms with van der Waals surface area (Å²) >= 11 is 3.37. The van der Waals surface area contributed by atoms with Crippen LogP contribution in [0.15, 0.2) is 22.7 Å². The van der Waals surface area contributed by atoms with Gasteiger partial charge < -0.3 is 10.1 Å². The lowest BCUT2D eigenvalue weighted by molar-refractivity contribution is -0.138. The van der Waals surface area contributed by atoms with Crippen molar-refractivity contribution in [3.63, 3.8) is 0 Å². The number of ether oxygens (including phenoxy) is 1. The highest BCUT2D eigenvalue weighted by Crippen LogP contribution is 2.26. The van der Waals surface area contributed by atoms with E-state index in [-0.39, 0.29) is 18.2 Å². The fourth-order valence-corrected chi connectivity index (χ4v) is 2.57. The second kappa shape index (κ2) is 5.61. The molecule has 1 aromatic rings. The second-order valence-electron chi connectivity index (χ2n) is 4.26. The summed E-state index contributed by atoms with van der Waals surface area (Å²) in [5, 5.41) is 3.08. The summed E-state index contributed by atoms with van der Waals surface area (Å²) in [6.07, 6.45) is 0.196. The number of likely N-dealkylation sites (tertiary alicyclic amines) is 1. The first-order chi connectivity index (χ1) is 9.05. The highest BCUT2D eigenvalue weighted by molar-refractivity contribution is 9.10. The largest absolute Gasteiger partial charge is 0.497 e. The molecule has 0 spiro atoms. The van der Waals surface area contributed by atoms with Crippen LogP contribution in [0.1, 0.15) is 13.3 Å². The Bertz CT molecular complexity index is 519. The Balaban J connectivity index is 2.16. The van der Waals surface area contributed by atoms with Gasteiger partial charge in [0.15, 0.2) is 0 Å². The zero-order valence-corrected chi connectivity index (χ0v) is 12.4. The van der Waals surface area contributed by atoms with E-state index in [1.54, 1.807) is 20.1 Å².